The monoisotopic (exact) mass is 202 g/mol. The van der Waals surface area contributed by atoms with Crippen molar-refractivity contribution in [3.05, 3.63) is 53.3 Å². The molecule has 0 saturated heterocycles. The van der Waals surface area contributed by atoms with Crippen molar-refractivity contribution < 1.29 is 5.11 Å². The van der Waals surface area contributed by atoms with Gasteiger partial charge in [0, 0.05) is 24.9 Å². The molecule has 0 aliphatic carbocycles. The summed E-state index contributed by atoms with van der Waals surface area (Å²) in [5.41, 5.74) is 3.54. The highest BCUT2D eigenvalue weighted by molar-refractivity contribution is 5.25. The summed E-state index contributed by atoms with van der Waals surface area (Å²) in [7, 11) is 0. The first-order valence-electron chi connectivity index (χ1n) is 5.05. The van der Waals surface area contributed by atoms with Crippen molar-refractivity contribution in [2.24, 2.45) is 0 Å². The molecule has 0 unspecified atom stereocenters. The van der Waals surface area contributed by atoms with Gasteiger partial charge in [-0.1, -0.05) is 24.3 Å². The van der Waals surface area contributed by atoms with Crippen LogP contribution < -0.4 is 0 Å². The Labute approximate surface area is 88.8 Å². The third-order valence-electron chi connectivity index (χ3n) is 2.38. The summed E-state index contributed by atoms with van der Waals surface area (Å²) in [6, 6.07) is 10.3. The molecule has 1 aromatic heterocycles. The number of aliphatic hydroxyl groups is 1. The lowest BCUT2D eigenvalue weighted by atomic mass is 10.1. The second kappa shape index (κ2) is 4.75. The number of hydrogen-bond donors (Lipinski definition) is 2. The van der Waals surface area contributed by atoms with Gasteiger partial charge in [0.05, 0.1) is 0 Å². The highest BCUT2D eigenvalue weighted by Gasteiger charge is 1.97. The van der Waals surface area contributed by atoms with Crippen LogP contribution in [0.1, 0.15) is 16.8 Å². The zero-order valence-electron chi connectivity index (χ0n) is 8.48. The van der Waals surface area contributed by atoms with Crippen molar-refractivity contribution in [3.8, 4) is 0 Å². The topological polar surface area (TPSA) is 48.9 Å². The number of aliphatic hydroxyl groups excluding tert-OH is 1. The summed E-state index contributed by atoms with van der Waals surface area (Å²) in [6.45, 7) is 0.208. The van der Waals surface area contributed by atoms with E-state index < -0.39 is 0 Å². The van der Waals surface area contributed by atoms with E-state index in [0.29, 0.717) is 0 Å². The molecule has 1 aromatic carbocycles. The van der Waals surface area contributed by atoms with E-state index in [9.17, 15) is 0 Å². The van der Waals surface area contributed by atoms with Crippen LogP contribution in [-0.2, 0) is 12.8 Å². The standard InChI is InChI=1S/C12H14N2O/c15-8-6-10-1-3-11(4-2-10)9-12-5-7-13-14-12/h1-5,7,15H,6,8-9H2,(H,13,14). The van der Waals surface area contributed by atoms with E-state index in [1.165, 1.54) is 11.1 Å². The van der Waals surface area contributed by atoms with Crippen LogP contribution in [0.5, 0.6) is 0 Å². The maximum Gasteiger partial charge on any atom is 0.0490 e. The number of rotatable bonds is 4. The molecule has 0 spiro atoms. The number of nitrogens with one attached hydrogen (secondary N) is 1. The third kappa shape index (κ3) is 2.67. The van der Waals surface area contributed by atoms with Crippen LogP contribution >= 0.6 is 0 Å². The van der Waals surface area contributed by atoms with E-state index in [-0.39, 0.29) is 6.61 Å². The Morgan fingerprint density at radius 3 is 2.40 bits per heavy atom. The van der Waals surface area contributed by atoms with Crippen LogP contribution in [0, 0.1) is 0 Å². The summed E-state index contributed by atoms with van der Waals surface area (Å²) in [5.74, 6) is 0. The van der Waals surface area contributed by atoms with Crippen molar-refractivity contribution in [2.45, 2.75) is 12.8 Å². The fourth-order valence-electron chi connectivity index (χ4n) is 1.56. The van der Waals surface area contributed by atoms with Gasteiger partial charge in [0.25, 0.3) is 0 Å². The Kier molecular flexibility index (Phi) is 3.15. The van der Waals surface area contributed by atoms with Crippen LogP contribution in [0.3, 0.4) is 0 Å². The maximum absolute atomic E-state index is 8.78. The Morgan fingerprint density at radius 2 is 1.80 bits per heavy atom. The van der Waals surface area contributed by atoms with Gasteiger partial charge in [0.15, 0.2) is 0 Å². The quantitative estimate of drug-likeness (QED) is 0.790. The largest absolute Gasteiger partial charge is 0.396 e. The third-order valence-corrected chi connectivity index (χ3v) is 2.38. The molecule has 2 rings (SSSR count). The van der Waals surface area contributed by atoms with Gasteiger partial charge < -0.3 is 5.11 Å². The van der Waals surface area contributed by atoms with Gasteiger partial charge in [-0.05, 0) is 23.6 Å². The molecule has 0 saturated carbocycles. The van der Waals surface area contributed by atoms with Gasteiger partial charge in [0.2, 0.25) is 0 Å². The Morgan fingerprint density at radius 1 is 1.07 bits per heavy atom. The van der Waals surface area contributed by atoms with Crippen molar-refractivity contribution in [3.63, 3.8) is 0 Å². The molecule has 0 bridgehead atoms. The number of hydrogen-bond acceptors (Lipinski definition) is 2. The van der Waals surface area contributed by atoms with Crippen molar-refractivity contribution in [1.82, 2.24) is 10.2 Å². The normalized spacial score (nSPS) is 10.5. The summed E-state index contributed by atoms with van der Waals surface area (Å²) in [4.78, 5) is 0. The van der Waals surface area contributed by atoms with Gasteiger partial charge in [-0.2, -0.15) is 5.10 Å². The predicted molar refractivity (Wildman–Crippen MR) is 58.6 cm³/mol. The SMILES string of the molecule is OCCc1ccc(Cc2ccn[nH]2)cc1. The van der Waals surface area contributed by atoms with E-state index in [1.54, 1.807) is 6.20 Å². The van der Waals surface area contributed by atoms with E-state index in [4.69, 9.17) is 5.11 Å². The fraction of sp³-hybridized carbons (Fsp3) is 0.250. The smallest absolute Gasteiger partial charge is 0.0490 e. The molecule has 2 N–H and O–H groups in total. The molecule has 3 heteroatoms. The molecule has 1 heterocycles. The highest BCUT2D eigenvalue weighted by atomic mass is 16.2. The van der Waals surface area contributed by atoms with E-state index in [2.05, 4.69) is 34.5 Å². The second-order valence-corrected chi connectivity index (χ2v) is 3.55. The molecule has 15 heavy (non-hydrogen) atoms. The zero-order valence-corrected chi connectivity index (χ0v) is 8.48. The minimum Gasteiger partial charge on any atom is -0.396 e. The number of aromatic amines is 1. The molecule has 2 aromatic rings. The number of benzene rings is 1. The lowest BCUT2D eigenvalue weighted by Gasteiger charge is -2.01. The Balaban J connectivity index is 2.04. The number of H-pyrrole nitrogens is 1. The van der Waals surface area contributed by atoms with Gasteiger partial charge in [0.1, 0.15) is 0 Å². The lowest BCUT2D eigenvalue weighted by molar-refractivity contribution is 0.299. The highest BCUT2D eigenvalue weighted by Crippen LogP contribution is 2.09. The van der Waals surface area contributed by atoms with Crippen LogP contribution in [0.25, 0.3) is 0 Å². The van der Waals surface area contributed by atoms with Crippen molar-refractivity contribution >= 4 is 0 Å². The molecule has 0 atom stereocenters. The molecule has 0 aliphatic heterocycles. The summed E-state index contributed by atoms with van der Waals surface area (Å²) >= 11 is 0. The molecule has 78 valence electrons. The van der Waals surface area contributed by atoms with Gasteiger partial charge >= 0.3 is 0 Å². The first-order valence-corrected chi connectivity index (χ1v) is 5.05. The number of nitrogens with zero attached hydrogens (tertiary/aromatic N) is 1. The molecule has 0 amide bonds. The average molecular weight is 202 g/mol. The van der Waals surface area contributed by atoms with E-state index in [1.807, 2.05) is 6.07 Å². The zero-order chi connectivity index (χ0) is 10.5. The lowest BCUT2D eigenvalue weighted by Crippen LogP contribution is -1.92. The number of aromatic nitrogens is 2. The predicted octanol–water partition coefficient (Wildman–Crippen LogP) is 1.54. The molecular formula is C12H14N2O. The first-order chi connectivity index (χ1) is 7.38. The fourth-order valence-corrected chi connectivity index (χ4v) is 1.56. The average Bonchev–Trinajstić information content (AvgIpc) is 2.74. The first kappa shape index (κ1) is 9.93. The Hall–Kier alpha value is -1.61. The van der Waals surface area contributed by atoms with Gasteiger partial charge in [-0.25, -0.2) is 0 Å². The van der Waals surface area contributed by atoms with Crippen LogP contribution in [-0.4, -0.2) is 21.9 Å². The summed E-state index contributed by atoms with van der Waals surface area (Å²) in [6.07, 6.45) is 3.36. The minimum atomic E-state index is 0.208. The van der Waals surface area contributed by atoms with E-state index >= 15 is 0 Å². The molecule has 0 aliphatic rings. The molecule has 0 radical (unpaired) electrons. The van der Waals surface area contributed by atoms with Gasteiger partial charge in [-0.3, -0.25) is 5.10 Å². The van der Waals surface area contributed by atoms with Gasteiger partial charge in [-0.15, -0.1) is 0 Å². The summed E-state index contributed by atoms with van der Waals surface area (Å²) in [5, 5.41) is 15.6. The Bertz CT molecular complexity index is 392. The van der Waals surface area contributed by atoms with Crippen LogP contribution in [0.4, 0.5) is 0 Å². The molecule has 3 nitrogen and oxygen atoms in total. The summed E-state index contributed by atoms with van der Waals surface area (Å²) < 4.78 is 0. The maximum atomic E-state index is 8.78. The second-order valence-electron chi connectivity index (χ2n) is 3.55. The van der Waals surface area contributed by atoms with Crippen LogP contribution in [0.2, 0.25) is 0 Å². The molecule has 0 fully saturated rings. The van der Waals surface area contributed by atoms with Crippen molar-refractivity contribution in [1.29, 1.82) is 0 Å². The minimum absolute atomic E-state index is 0.208. The van der Waals surface area contributed by atoms with E-state index in [0.717, 1.165) is 18.5 Å². The molecular weight excluding hydrogens is 188 g/mol. The van der Waals surface area contributed by atoms with Crippen LogP contribution in [0.15, 0.2) is 36.5 Å². The van der Waals surface area contributed by atoms with Crippen molar-refractivity contribution in [2.75, 3.05) is 6.61 Å².